The molecule has 8 heavy (non-hydrogen) atoms. The normalized spacial score (nSPS) is 21.5. The Balaban J connectivity index is 2.37. The minimum Gasteiger partial charge on any atom is -0.390 e. The number of hydrogen-bond donors (Lipinski definition) is 1. The summed E-state index contributed by atoms with van der Waals surface area (Å²) in [7, 11) is 1.98. The van der Waals surface area contributed by atoms with E-state index in [2.05, 4.69) is 4.99 Å². The molecular weight excluding hydrogens is 104 g/mol. The van der Waals surface area contributed by atoms with Gasteiger partial charge in [-0.1, -0.05) is 0 Å². The van der Waals surface area contributed by atoms with Gasteiger partial charge in [0.25, 0.3) is 0 Å². The fraction of sp³-hybridized carbons (Fsp3) is 0.800. The van der Waals surface area contributed by atoms with E-state index in [1.54, 1.807) is 0 Å². The average Bonchev–Trinajstić information content (AvgIpc) is 2.14. The van der Waals surface area contributed by atoms with Crippen LogP contribution in [0.3, 0.4) is 0 Å². The largest absolute Gasteiger partial charge is 0.390 e. The van der Waals surface area contributed by atoms with Gasteiger partial charge in [-0.2, -0.15) is 0 Å². The van der Waals surface area contributed by atoms with E-state index >= 15 is 0 Å². The summed E-state index contributed by atoms with van der Waals surface area (Å²) in [6.45, 7) is 1.69. The molecule has 1 rings (SSSR count). The Labute approximate surface area is 48.6 Å². The average molecular weight is 114 g/mol. The molecule has 0 saturated heterocycles. The van der Waals surface area contributed by atoms with Crippen molar-refractivity contribution in [2.45, 2.75) is 0 Å². The highest BCUT2D eigenvalue weighted by molar-refractivity contribution is 5.88. The molecule has 1 heterocycles. The Hall–Kier alpha value is -0.410. The highest BCUT2D eigenvalue weighted by Gasteiger charge is 2.08. The van der Waals surface area contributed by atoms with E-state index in [-0.39, 0.29) is 6.61 Å². The zero-order chi connectivity index (χ0) is 5.98. The second-order valence-corrected chi connectivity index (χ2v) is 2.04. The smallest absolute Gasteiger partial charge is 0.0911 e. The molecule has 0 unspecified atom stereocenters. The molecule has 0 bridgehead atoms. The van der Waals surface area contributed by atoms with Gasteiger partial charge in [-0.05, 0) is 7.05 Å². The van der Waals surface area contributed by atoms with Crippen molar-refractivity contribution in [1.29, 1.82) is 0 Å². The Morgan fingerprint density at radius 1 is 1.88 bits per heavy atom. The highest BCUT2D eigenvalue weighted by atomic mass is 16.3. The molecule has 3 nitrogen and oxygen atoms in total. The second kappa shape index (κ2) is 2.24. The fourth-order valence-corrected chi connectivity index (χ4v) is 0.732. The standard InChI is InChI=1S/C5H10N2O/c1-7-2-5(3-8)6-4-7/h8H,2-4H2,1H3. The van der Waals surface area contributed by atoms with Crippen molar-refractivity contribution in [3.05, 3.63) is 0 Å². The van der Waals surface area contributed by atoms with Gasteiger partial charge in [0.2, 0.25) is 0 Å². The predicted molar refractivity (Wildman–Crippen MR) is 32.0 cm³/mol. The van der Waals surface area contributed by atoms with Crippen molar-refractivity contribution in [1.82, 2.24) is 4.90 Å². The lowest BCUT2D eigenvalue weighted by molar-refractivity contribution is 0.352. The van der Waals surface area contributed by atoms with E-state index in [0.29, 0.717) is 0 Å². The van der Waals surface area contributed by atoms with Gasteiger partial charge in [0, 0.05) is 6.54 Å². The Bertz CT molecular complexity index is 111. The summed E-state index contributed by atoms with van der Waals surface area (Å²) in [6, 6.07) is 0. The van der Waals surface area contributed by atoms with E-state index in [9.17, 15) is 0 Å². The molecule has 0 fully saturated rings. The van der Waals surface area contributed by atoms with Crippen LogP contribution in [0.2, 0.25) is 0 Å². The maximum atomic E-state index is 8.53. The SMILES string of the molecule is CN1CN=C(CO)C1. The molecule has 0 spiro atoms. The number of hydrogen-bond acceptors (Lipinski definition) is 3. The number of aliphatic imine (C=N–C) groups is 1. The van der Waals surface area contributed by atoms with E-state index in [4.69, 9.17) is 5.11 Å². The van der Waals surface area contributed by atoms with Gasteiger partial charge in [-0.15, -0.1) is 0 Å². The minimum absolute atomic E-state index is 0.115. The first-order valence-corrected chi connectivity index (χ1v) is 2.64. The van der Waals surface area contributed by atoms with Crippen LogP contribution in [0.25, 0.3) is 0 Å². The van der Waals surface area contributed by atoms with Crippen LogP contribution in [0.15, 0.2) is 4.99 Å². The quantitative estimate of drug-likeness (QED) is 0.490. The first-order valence-electron chi connectivity index (χ1n) is 2.64. The minimum atomic E-state index is 0.115. The molecule has 3 heteroatoms. The summed E-state index contributed by atoms with van der Waals surface area (Å²) >= 11 is 0. The Morgan fingerprint density at radius 3 is 2.88 bits per heavy atom. The van der Waals surface area contributed by atoms with Gasteiger partial charge in [0.05, 0.1) is 19.0 Å². The molecule has 1 N–H and O–H groups in total. The molecule has 0 amide bonds. The lowest BCUT2D eigenvalue weighted by Gasteiger charge is -2.01. The third kappa shape index (κ3) is 1.05. The van der Waals surface area contributed by atoms with Crippen molar-refractivity contribution in [2.75, 3.05) is 26.9 Å². The maximum absolute atomic E-state index is 8.53. The number of aliphatic hydroxyl groups excluding tert-OH is 1. The molecule has 0 aromatic carbocycles. The second-order valence-electron chi connectivity index (χ2n) is 2.04. The van der Waals surface area contributed by atoms with Crippen LogP contribution in [0.5, 0.6) is 0 Å². The van der Waals surface area contributed by atoms with E-state index in [1.165, 1.54) is 0 Å². The first kappa shape index (κ1) is 5.72. The lowest BCUT2D eigenvalue weighted by Crippen LogP contribution is -2.19. The summed E-state index contributed by atoms with van der Waals surface area (Å²) < 4.78 is 0. The number of nitrogens with zero attached hydrogens (tertiary/aromatic N) is 2. The summed E-state index contributed by atoms with van der Waals surface area (Å²) in [5, 5.41) is 8.53. The van der Waals surface area contributed by atoms with Crippen molar-refractivity contribution in [3.63, 3.8) is 0 Å². The van der Waals surface area contributed by atoms with Crippen molar-refractivity contribution in [3.8, 4) is 0 Å². The van der Waals surface area contributed by atoms with E-state index in [0.717, 1.165) is 18.9 Å². The van der Waals surface area contributed by atoms with Crippen molar-refractivity contribution in [2.24, 2.45) is 4.99 Å². The maximum Gasteiger partial charge on any atom is 0.0911 e. The summed E-state index contributed by atoms with van der Waals surface area (Å²) in [5.41, 5.74) is 0.896. The molecule has 46 valence electrons. The highest BCUT2D eigenvalue weighted by Crippen LogP contribution is 1.94. The van der Waals surface area contributed by atoms with Gasteiger partial charge in [0.15, 0.2) is 0 Å². The van der Waals surface area contributed by atoms with Crippen LogP contribution in [-0.4, -0.2) is 42.6 Å². The lowest BCUT2D eigenvalue weighted by atomic mass is 10.4. The summed E-state index contributed by atoms with van der Waals surface area (Å²) in [5.74, 6) is 0. The first-order chi connectivity index (χ1) is 3.83. The van der Waals surface area contributed by atoms with Crippen molar-refractivity contribution < 1.29 is 5.11 Å². The third-order valence-corrected chi connectivity index (χ3v) is 1.17. The topological polar surface area (TPSA) is 35.8 Å². The van der Waals surface area contributed by atoms with Crippen LogP contribution in [0, 0.1) is 0 Å². The van der Waals surface area contributed by atoms with Crippen LogP contribution >= 0.6 is 0 Å². The predicted octanol–water partition coefficient (Wildman–Crippen LogP) is -0.677. The number of rotatable bonds is 1. The molecule has 0 atom stereocenters. The van der Waals surface area contributed by atoms with Gasteiger partial charge in [0.1, 0.15) is 0 Å². The van der Waals surface area contributed by atoms with E-state index < -0.39 is 0 Å². The van der Waals surface area contributed by atoms with Crippen LogP contribution in [0.4, 0.5) is 0 Å². The molecule has 0 radical (unpaired) electrons. The molecule has 0 aromatic heterocycles. The Morgan fingerprint density at radius 2 is 2.62 bits per heavy atom. The molecule has 1 aliphatic rings. The van der Waals surface area contributed by atoms with Crippen LogP contribution in [0.1, 0.15) is 0 Å². The van der Waals surface area contributed by atoms with Gasteiger partial charge < -0.3 is 5.11 Å². The van der Waals surface area contributed by atoms with Crippen LogP contribution in [-0.2, 0) is 0 Å². The van der Waals surface area contributed by atoms with Gasteiger partial charge >= 0.3 is 0 Å². The summed E-state index contributed by atoms with van der Waals surface area (Å²) in [4.78, 5) is 6.07. The molecule has 0 saturated carbocycles. The zero-order valence-electron chi connectivity index (χ0n) is 4.96. The molecule has 0 aromatic rings. The third-order valence-electron chi connectivity index (χ3n) is 1.17. The molecule has 1 aliphatic heterocycles. The fourth-order valence-electron chi connectivity index (χ4n) is 0.732. The van der Waals surface area contributed by atoms with Gasteiger partial charge in [-0.3, -0.25) is 9.89 Å². The van der Waals surface area contributed by atoms with Gasteiger partial charge in [-0.25, -0.2) is 0 Å². The number of aliphatic hydroxyl groups is 1. The van der Waals surface area contributed by atoms with E-state index in [1.807, 2.05) is 11.9 Å². The zero-order valence-corrected chi connectivity index (χ0v) is 4.96. The monoisotopic (exact) mass is 114 g/mol. The van der Waals surface area contributed by atoms with Crippen molar-refractivity contribution >= 4 is 5.71 Å². The Kier molecular flexibility index (Phi) is 1.60. The van der Waals surface area contributed by atoms with Crippen LogP contribution < -0.4 is 0 Å². The molecular formula is C5H10N2O. The molecule has 0 aliphatic carbocycles. The summed E-state index contributed by atoms with van der Waals surface area (Å²) in [6.07, 6.45) is 0.